The zero-order valence-electron chi connectivity index (χ0n) is 15.8. The summed E-state index contributed by atoms with van der Waals surface area (Å²) in [7, 11) is 7.19. The Hall–Kier alpha value is -1.89. The number of anilines is 1. The lowest BCUT2D eigenvalue weighted by molar-refractivity contribution is -0.753. The van der Waals surface area contributed by atoms with E-state index < -0.39 is 6.04 Å². The number of rotatable bonds is 7. The minimum absolute atomic E-state index is 0.246. The lowest BCUT2D eigenvalue weighted by Crippen LogP contribution is -2.52. The molecule has 0 aromatic carbocycles. The van der Waals surface area contributed by atoms with E-state index in [9.17, 15) is 9.59 Å². The van der Waals surface area contributed by atoms with Crippen LogP contribution in [0.3, 0.4) is 0 Å². The average Bonchev–Trinajstić information content (AvgIpc) is 2.33. The van der Waals surface area contributed by atoms with Crippen molar-refractivity contribution in [2.45, 2.75) is 40.2 Å². The first-order valence-corrected chi connectivity index (χ1v) is 8.20. The third-order valence-corrected chi connectivity index (χ3v) is 3.19. The molecule has 0 aliphatic heterocycles. The van der Waals surface area contributed by atoms with Gasteiger partial charge >= 0.3 is 7.41 Å². The highest BCUT2D eigenvalue weighted by Crippen LogP contribution is 2.12. The van der Waals surface area contributed by atoms with Gasteiger partial charge in [-0.05, 0) is 43.9 Å². The van der Waals surface area contributed by atoms with Gasteiger partial charge in [0.05, 0.1) is 0 Å². The summed E-state index contributed by atoms with van der Waals surface area (Å²) in [5, 5.41) is 5.62. The largest absolute Gasteiger partial charge is 0.551 e. The van der Waals surface area contributed by atoms with E-state index in [2.05, 4.69) is 15.6 Å². The molecule has 1 rings (SSSR count). The van der Waals surface area contributed by atoms with Crippen molar-refractivity contribution < 1.29 is 14.0 Å². The molecule has 1 radical (unpaired) electrons. The molecule has 0 saturated carbocycles. The maximum atomic E-state index is 12.6. The summed E-state index contributed by atoms with van der Waals surface area (Å²) in [6.07, 6.45) is 0.563. The molecular weight excluding hydrogens is 303 g/mol. The number of carbonyl (C=O) groups is 2. The molecule has 2 amide bonds. The summed E-state index contributed by atoms with van der Waals surface area (Å²) in [6.45, 7) is 7.87. The van der Waals surface area contributed by atoms with Crippen molar-refractivity contribution in [2.24, 2.45) is 5.92 Å². The molecule has 0 aliphatic carbocycles. The minimum Gasteiger partial charge on any atom is -0.394 e. The second-order valence-corrected chi connectivity index (χ2v) is 7.60. The van der Waals surface area contributed by atoms with E-state index in [1.807, 2.05) is 61.0 Å². The highest BCUT2D eigenvalue weighted by atomic mass is 16.2. The van der Waals surface area contributed by atoms with E-state index in [-0.39, 0.29) is 17.6 Å². The van der Waals surface area contributed by atoms with E-state index >= 15 is 0 Å². The highest BCUT2D eigenvalue weighted by molar-refractivity contribution is 6.68. The van der Waals surface area contributed by atoms with Gasteiger partial charge in [0.25, 0.3) is 5.81 Å². The first kappa shape index (κ1) is 20.2. The van der Waals surface area contributed by atoms with Crippen LogP contribution in [0.2, 0.25) is 0 Å². The Bertz CT molecular complexity index is 576. The molecule has 1 heterocycles. The van der Waals surface area contributed by atoms with E-state index in [1.54, 1.807) is 0 Å². The first-order chi connectivity index (χ1) is 11.0. The first-order valence-electron chi connectivity index (χ1n) is 8.20. The number of hydrogen-bond donors (Lipinski definition) is 2. The number of aryl methyl sites for hydroxylation is 2. The van der Waals surface area contributed by atoms with E-state index in [0.717, 1.165) is 11.3 Å². The standard InChI is InChI=1S/C17H29BN4O2/c1-11(2)8-14(20-17(24)18-22(5,6)7)16(23)21-15-10-12(3)9-13(4)19-15/h9-11,14H,8H2,1-7H3,(H,20,24)(H,19,21,23)/q+1/t14-/m0/s1. The number of nitrogens with zero attached hydrogens (tertiary/aromatic N) is 2. The molecule has 0 spiro atoms. The molecule has 1 aromatic rings. The zero-order valence-corrected chi connectivity index (χ0v) is 15.8. The number of hydrogen-bond acceptors (Lipinski definition) is 3. The average molecular weight is 332 g/mol. The fourth-order valence-corrected chi connectivity index (χ4v) is 2.38. The van der Waals surface area contributed by atoms with E-state index in [1.165, 1.54) is 7.41 Å². The van der Waals surface area contributed by atoms with Crippen LogP contribution in [0.1, 0.15) is 31.5 Å². The van der Waals surface area contributed by atoms with Gasteiger partial charge in [-0.1, -0.05) is 13.8 Å². The van der Waals surface area contributed by atoms with Gasteiger partial charge in [-0.25, -0.2) is 4.98 Å². The van der Waals surface area contributed by atoms with Gasteiger partial charge in [0, 0.05) is 26.8 Å². The van der Waals surface area contributed by atoms with Crippen LogP contribution in [0, 0.1) is 19.8 Å². The molecule has 6 nitrogen and oxygen atoms in total. The van der Waals surface area contributed by atoms with Gasteiger partial charge in [-0.15, -0.1) is 0 Å². The van der Waals surface area contributed by atoms with Crippen molar-refractivity contribution in [3.05, 3.63) is 23.4 Å². The van der Waals surface area contributed by atoms with Crippen LogP contribution in [0.15, 0.2) is 12.1 Å². The topological polar surface area (TPSA) is 71.1 Å². The van der Waals surface area contributed by atoms with Gasteiger partial charge < -0.3 is 15.0 Å². The molecule has 0 unspecified atom stereocenters. The van der Waals surface area contributed by atoms with Crippen LogP contribution in [0.5, 0.6) is 0 Å². The monoisotopic (exact) mass is 332 g/mol. The highest BCUT2D eigenvalue weighted by Gasteiger charge is 2.28. The van der Waals surface area contributed by atoms with Crippen molar-refractivity contribution in [1.29, 1.82) is 0 Å². The van der Waals surface area contributed by atoms with Crippen molar-refractivity contribution in [2.75, 3.05) is 26.5 Å². The fraction of sp³-hybridized carbons (Fsp3) is 0.588. The van der Waals surface area contributed by atoms with Crippen molar-refractivity contribution in [3.8, 4) is 0 Å². The second-order valence-electron chi connectivity index (χ2n) is 7.60. The van der Waals surface area contributed by atoms with Crippen LogP contribution in [0.25, 0.3) is 0 Å². The van der Waals surface area contributed by atoms with Crippen LogP contribution >= 0.6 is 0 Å². The van der Waals surface area contributed by atoms with Crippen molar-refractivity contribution in [3.63, 3.8) is 0 Å². The predicted octanol–water partition coefficient (Wildman–Crippen LogP) is 2.09. The Kier molecular flexibility index (Phi) is 6.96. The van der Waals surface area contributed by atoms with Crippen LogP contribution < -0.4 is 10.6 Å². The molecule has 1 atom stereocenters. The van der Waals surface area contributed by atoms with Crippen LogP contribution in [-0.2, 0) is 4.79 Å². The molecule has 2 N–H and O–H groups in total. The quantitative estimate of drug-likeness (QED) is 0.751. The number of nitrogens with one attached hydrogen (secondary N) is 2. The summed E-state index contributed by atoms with van der Waals surface area (Å²) < 4.78 is 0.389. The Morgan fingerprint density at radius 1 is 1.21 bits per heavy atom. The third-order valence-electron chi connectivity index (χ3n) is 3.19. The molecular formula is C17H29BN4O2+. The SMILES string of the molecule is Cc1cc(C)nc(NC(=O)[C@H](CC(C)C)NC(=O)[B][N+](C)(C)C)c1. The third kappa shape index (κ3) is 7.59. The second kappa shape index (κ2) is 8.28. The van der Waals surface area contributed by atoms with Gasteiger partial charge in [0.2, 0.25) is 5.91 Å². The van der Waals surface area contributed by atoms with Gasteiger partial charge in [0.15, 0.2) is 0 Å². The number of aromatic nitrogens is 1. The molecule has 0 bridgehead atoms. The summed E-state index contributed by atoms with van der Waals surface area (Å²) >= 11 is 0. The lowest BCUT2D eigenvalue weighted by atomic mass is 9.87. The Labute approximate surface area is 145 Å². The summed E-state index contributed by atoms with van der Waals surface area (Å²) in [5.74, 6) is 0.287. The lowest BCUT2D eigenvalue weighted by Gasteiger charge is -2.24. The maximum Gasteiger partial charge on any atom is 0.551 e. The van der Waals surface area contributed by atoms with Crippen molar-refractivity contribution >= 4 is 24.9 Å². The van der Waals surface area contributed by atoms with E-state index in [0.29, 0.717) is 16.6 Å². The molecule has 131 valence electrons. The summed E-state index contributed by atoms with van der Waals surface area (Å²) in [6, 6.07) is 3.17. The molecule has 0 aliphatic rings. The maximum absolute atomic E-state index is 12.6. The normalized spacial score (nSPS) is 12.7. The van der Waals surface area contributed by atoms with Gasteiger partial charge in [-0.2, -0.15) is 0 Å². The smallest absolute Gasteiger partial charge is 0.394 e. The number of pyridine rings is 1. The number of quaternary nitrogens is 1. The molecule has 1 aromatic heterocycles. The number of amides is 2. The van der Waals surface area contributed by atoms with Crippen molar-refractivity contribution in [1.82, 2.24) is 10.3 Å². The Morgan fingerprint density at radius 3 is 2.33 bits per heavy atom. The zero-order chi connectivity index (χ0) is 18.5. The Balaban J connectivity index is 2.82. The number of carbonyl (C=O) groups excluding carboxylic acids is 2. The molecule has 24 heavy (non-hydrogen) atoms. The summed E-state index contributed by atoms with van der Waals surface area (Å²) in [4.78, 5) is 29.0. The van der Waals surface area contributed by atoms with Gasteiger partial charge in [0.1, 0.15) is 11.9 Å². The molecule has 7 heteroatoms. The summed E-state index contributed by atoms with van der Waals surface area (Å²) in [5.41, 5.74) is 1.87. The predicted molar refractivity (Wildman–Crippen MR) is 97.9 cm³/mol. The minimum atomic E-state index is -0.595. The fourth-order valence-electron chi connectivity index (χ4n) is 2.38. The Morgan fingerprint density at radius 2 is 1.83 bits per heavy atom. The molecule has 0 fully saturated rings. The van der Waals surface area contributed by atoms with Crippen LogP contribution in [-0.4, -0.2) is 55.7 Å². The van der Waals surface area contributed by atoms with Gasteiger partial charge in [-0.3, -0.25) is 9.59 Å². The van der Waals surface area contributed by atoms with E-state index in [4.69, 9.17) is 0 Å². The van der Waals surface area contributed by atoms with Crippen LogP contribution in [0.4, 0.5) is 10.6 Å². The molecule has 0 saturated heterocycles.